The maximum atomic E-state index is 12.3. The van der Waals surface area contributed by atoms with Gasteiger partial charge in [-0.25, -0.2) is 4.79 Å². The van der Waals surface area contributed by atoms with Crippen molar-refractivity contribution in [3.63, 3.8) is 0 Å². The molecule has 0 unspecified atom stereocenters. The lowest BCUT2D eigenvalue weighted by Gasteiger charge is -2.04. The number of aromatic nitrogens is 2. The minimum Gasteiger partial charge on any atom is -0.462 e. The summed E-state index contributed by atoms with van der Waals surface area (Å²) in [7, 11) is 0. The number of hydrogen-bond acceptors (Lipinski definition) is 3. The Morgan fingerprint density at radius 3 is 2.80 bits per heavy atom. The average molecular weight is 266 g/mol. The van der Waals surface area contributed by atoms with Gasteiger partial charge in [-0.15, -0.1) is 0 Å². The number of benzene rings is 1. The molecule has 0 aliphatic carbocycles. The molecule has 2 aromatic heterocycles. The summed E-state index contributed by atoms with van der Waals surface area (Å²) in [6.45, 7) is 2.15. The molecule has 0 aliphatic heterocycles. The van der Waals surface area contributed by atoms with Crippen LogP contribution in [0.1, 0.15) is 17.3 Å². The minimum absolute atomic E-state index is 0.316. The second kappa shape index (κ2) is 5.17. The van der Waals surface area contributed by atoms with Crippen molar-refractivity contribution in [3.8, 4) is 11.3 Å². The van der Waals surface area contributed by atoms with Crippen molar-refractivity contribution in [2.24, 2.45) is 0 Å². The molecule has 0 radical (unpaired) electrons. The van der Waals surface area contributed by atoms with Crippen molar-refractivity contribution in [1.82, 2.24) is 9.97 Å². The van der Waals surface area contributed by atoms with Crippen LogP contribution < -0.4 is 0 Å². The van der Waals surface area contributed by atoms with Gasteiger partial charge in [0.25, 0.3) is 0 Å². The van der Waals surface area contributed by atoms with E-state index < -0.39 is 0 Å². The Labute approximate surface area is 116 Å². The molecule has 0 saturated heterocycles. The number of aromatic amines is 1. The first kappa shape index (κ1) is 12.4. The van der Waals surface area contributed by atoms with Gasteiger partial charge in [-0.2, -0.15) is 0 Å². The molecule has 0 fully saturated rings. The van der Waals surface area contributed by atoms with Gasteiger partial charge in [0.15, 0.2) is 0 Å². The molecule has 4 nitrogen and oxygen atoms in total. The summed E-state index contributed by atoms with van der Waals surface area (Å²) >= 11 is 0. The Morgan fingerprint density at radius 1 is 1.25 bits per heavy atom. The summed E-state index contributed by atoms with van der Waals surface area (Å²) in [6, 6.07) is 11.6. The molecule has 3 rings (SSSR count). The molecule has 3 aromatic rings. The number of nitrogens with zero attached hydrogens (tertiary/aromatic N) is 1. The molecular formula is C16H14N2O2. The molecule has 0 amide bonds. The molecule has 0 spiro atoms. The molecule has 1 aromatic carbocycles. The third-order valence-corrected chi connectivity index (χ3v) is 3.14. The Morgan fingerprint density at radius 2 is 2.05 bits per heavy atom. The van der Waals surface area contributed by atoms with E-state index in [2.05, 4.69) is 9.97 Å². The molecule has 20 heavy (non-hydrogen) atoms. The fourth-order valence-electron chi connectivity index (χ4n) is 2.28. The van der Waals surface area contributed by atoms with E-state index in [0.717, 1.165) is 22.2 Å². The Kier molecular flexibility index (Phi) is 3.21. The number of hydrogen-bond donors (Lipinski definition) is 1. The van der Waals surface area contributed by atoms with Crippen LogP contribution in [0, 0.1) is 0 Å². The number of pyridine rings is 1. The highest BCUT2D eigenvalue weighted by Crippen LogP contribution is 2.30. The van der Waals surface area contributed by atoms with E-state index in [-0.39, 0.29) is 5.97 Å². The maximum absolute atomic E-state index is 12.3. The number of H-pyrrole nitrogens is 1. The standard InChI is InChI=1S/C16H14N2O2/c1-2-20-16(19)14-12-8-9-17-10-13(12)18-15(14)11-6-4-3-5-7-11/h3-10,18H,2H2,1H3. The van der Waals surface area contributed by atoms with Crippen molar-refractivity contribution < 1.29 is 9.53 Å². The number of esters is 1. The topological polar surface area (TPSA) is 55.0 Å². The van der Waals surface area contributed by atoms with Crippen molar-refractivity contribution in [3.05, 3.63) is 54.4 Å². The van der Waals surface area contributed by atoms with E-state index in [1.54, 1.807) is 19.3 Å². The normalized spacial score (nSPS) is 10.7. The zero-order chi connectivity index (χ0) is 13.9. The number of ether oxygens (including phenoxy) is 1. The van der Waals surface area contributed by atoms with E-state index in [9.17, 15) is 4.79 Å². The van der Waals surface area contributed by atoms with Gasteiger partial charge < -0.3 is 9.72 Å². The maximum Gasteiger partial charge on any atom is 0.340 e. The van der Waals surface area contributed by atoms with Crippen LogP contribution in [0.3, 0.4) is 0 Å². The fourth-order valence-corrected chi connectivity index (χ4v) is 2.28. The van der Waals surface area contributed by atoms with Crippen LogP contribution in [0.15, 0.2) is 48.8 Å². The summed E-state index contributed by atoms with van der Waals surface area (Å²) in [6.07, 6.45) is 3.39. The first-order valence-corrected chi connectivity index (χ1v) is 6.49. The second-order valence-corrected chi connectivity index (χ2v) is 4.38. The minimum atomic E-state index is -0.316. The van der Waals surface area contributed by atoms with Crippen LogP contribution in [0.2, 0.25) is 0 Å². The van der Waals surface area contributed by atoms with Crippen LogP contribution in [0.4, 0.5) is 0 Å². The SMILES string of the molecule is CCOC(=O)c1c(-c2ccccc2)[nH]c2cnccc12. The summed E-state index contributed by atoms with van der Waals surface area (Å²) in [5.41, 5.74) is 3.11. The number of carbonyl (C=O) groups is 1. The number of carbonyl (C=O) groups excluding carboxylic acids is 1. The number of rotatable bonds is 3. The zero-order valence-electron chi connectivity index (χ0n) is 11.1. The molecule has 0 aliphatic rings. The van der Waals surface area contributed by atoms with Crippen LogP contribution in [0.25, 0.3) is 22.2 Å². The quantitative estimate of drug-likeness (QED) is 0.739. The third kappa shape index (κ3) is 2.05. The molecule has 0 atom stereocenters. The zero-order valence-corrected chi connectivity index (χ0v) is 11.1. The molecule has 1 N–H and O–H groups in total. The van der Waals surface area contributed by atoms with Gasteiger partial charge in [0.2, 0.25) is 0 Å². The van der Waals surface area contributed by atoms with Crippen molar-refractivity contribution in [1.29, 1.82) is 0 Å². The predicted octanol–water partition coefficient (Wildman–Crippen LogP) is 3.41. The van der Waals surface area contributed by atoms with Crippen LogP contribution in [0.5, 0.6) is 0 Å². The molecule has 2 heterocycles. The predicted molar refractivity (Wildman–Crippen MR) is 77.5 cm³/mol. The highest BCUT2D eigenvalue weighted by Gasteiger charge is 2.20. The lowest BCUT2D eigenvalue weighted by atomic mass is 10.1. The third-order valence-electron chi connectivity index (χ3n) is 3.14. The molecule has 4 heteroatoms. The first-order valence-electron chi connectivity index (χ1n) is 6.49. The lowest BCUT2D eigenvalue weighted by Crippen LogP contribution is -2.05. The van der Waals surface area contributed by atoms with Gasteiger partial charge >= 0.3 is 5.97 Å². The van der Waals surface area contributed by atoms with Gasteiger partial charge in [0.05, 0.1) is 29.6 Å². The molecule has 100 valence electrons. The summed E-state index contributed by atoms with van der Waals surface area (Å²) in [4.78, 5) is 19.6. The van der Waals surface area contributed by atoms with E-state index in [1.807, 2.05) is 36.4 Å². The average Bonchev–Trinajstić information content (AvgIpc) is 2.88. The summed E-state index contributed by atoms with van der Waals surface area (Å²) < 4.78 is 5.18. The Hall–Kier alpha value is -2.62. The second-order valence-electron chi connectivity index (χ2n) is 4.38. The van der Waals surface area contributed by atoms with Crippen molar-refractivity contribution in [2.75, 3.05) is 6.61 Å². The van der Waals surface area contributed by atoms with E-state index in [4.69, 9.17) is 4.74 Å². The van der Waals surface area contributed by atoms with Gasteiger partial charge in [0, 0.05) is 11.6 Å². The van der Waals surface area contributed by atoms with Crippen LogP contribution >= 0.6 is 0 Å². The summed E-state index contributed by atoms with van der Waals surface area (Å²) in [5, 5.41) is 0.831. The molecule has 0 saturated carbocycles. The highest BCUT2D eigenvalue weighted by molar-refractivity contribution is 6.09. The first-order chi connectivity index (χ1) is 9.81. The van der Waals surface area contributed by atoms with E-state index in [1.165, 1.54) is 0 Å². The Bertz CT molecular complexity index is 748. The number of fused-ring (bicyclic) bond motifs is 1. The monoisotopic (exact) mass is 266 g/mol. The van der Waals surface area contributed by atoms with Gasteiger partial charge in [-0.05, 0) is 18.6 Å². The smallest absolute Gasteiger partial charge is 0.340 e. The number of nitrogens with one attached hydrogen (secondary N) is 1. The summed E-state index contributed by atoms with van der Waals surface area (Å²) in [5.74, 6) is -0.316. The Balaban J connectivity index is 2.25. The molecular weight excluding hydrogens is 252 g/mol. The van der Waals surface area contributed by atoms with Crippen LogP contribution in [-0.4, -0.2) is 22.5 Å². The van der Waals surface area contributed by atoms with Gasteiger partial charge in [0.1, 0.15) is 0 Å². The van der Waals surface area contributed by atoms with E-state index in [0.29, 0.717) is 12.2 Å². The largest absolute Gasteiger partial charge is 0.462 e. The molecule has 0 bridgehead atoms. The van der Waals surface area contributed by atoms with Gasteiger partial charge in [-0.1, -0.05) is 30.3 Å². The fraction of sp³-hybridized carbons (Fsp3) is 0.125. The van der Waals surface area contributed by atoms with Crippen molar-refractivity contribution in [2.45, 2.75) is 6.92 Å². The lowest BCUT2D eigenvalue weighted by molar-refractivity contribution is 0.0529. The highest BCUT2D eigenvalue weighted by atomic mass is 16.5. The van der Waals surface area contributed by atoms with Crippen LogP contribution in [-0.2, 0) is 4.74 Å². The van der Waals surface area contributed by atoms with Crippen molar-refractivity contribution >= 4 is 16.9 Å². The van der Waals surface area contributed by atoms with Gasteiger partial charge in [-0.3, -0.25) is 4.98 Å². The van der Waals surface area contributed by atoms with E-state index >= 15 is 0 Å².